The van der Waals surface area contributed by atoms with Gasteiger partial charge in [-0.1, -0.05) is 6.92 Å². The van der Waals surface area contributed by atoms with Crippen molar-refractivity contribution in [3.05, 3.63) is 54.1 Å². The number of carbonyl (C=O) groups is 2. The van der Waals surface area contributed by atoms with E-state index in [0.29, 0.717) is 42.3 Å². The molecule has 0 saturated heterocycles. The molecule has 8 heteroatoms. The fourth-order valence-electron chi connectivity index (χ4n) is 2.37. The second-order valence-corrected chi connectivity index (χ2v) is 6.56. The molecule has 0 radical (unpaired) electrons. The molecule has 7 nitrogen and oxygen atoms in total. The molecule has 2 rings (SSSR count). The molecule has 0 saturated carbocycles. The van der Waals surface area contributed by atoms with Gasteiger partial charge in [-0.3, -0.25) is 14.9 Å². The third-order valence-electron chi connectivity index (χ3n) is 3.80. The number of rotatable bonds is 9. The number of methoxy groups -OCH3 is 1. The van der Waals surface area contributed by atoms with Crippen LogP contribution in [0.2, 0.25) is 0 Å². The fraction of sp³-hybridized carbons (Fsp3) is 0.286. The van der Waals surface area contributed by atoms with Gasteiger partial charge in [0.05, 0.1) is 6.61 Å². The Balaban J connectivity index is 1.83. The lowest BCUT2D eigenvalue weighted by Crippen LogP contribution is -2.34. The highest BCUT2D eigenvalue weighted by Crippen LogP contribution is 2.15. The summed E-state index contributed by atoms with van der Waals surface area (Å²) in [6.07, 6.45) is 1.28. The lowest BCUT2D eigenvalue weighted by molar-refractivity contribution is -0.116. The molecule has 0 bridgehead atoms. The summed E-state index contributed by atoms with van der Waals surface area (Å²) in [5.41, 5.74) is 1.87. The van der Waals surface area contributed by atoms with Gasteiger partial charge in [0.25, 0.3) is 5.91 Å². The third kappa shape index (κ3) is 7.89. The van der Waals surface area contributed by atoms with E-state index in [1.165, 1.54) is 0 Å². The summed E-state index contributed by atoms with van der Waals surface area (Å²) in [7, 11) is 1.60. The molecule has 2 amide bonds. The monoisotopic (exact) mass is 415 g/mol. The maximum absolute atomic E-state index is 12.3. The van der Waals surface area contributed by atoms with E-state index in [2.05, 4.69) is 16.0 Å². The molecule has 0 aliphatic heterocycles. The molecule has 0 aromatic heterocycles. The van der Waals surface area contributed by atoms with Gasteiger partial charge in [0.15, 0.2) is 5.11 Å². The summed E-state index contributed by atoms with van der Waals surface area (Å²) < 4.78 is 10.4. The zero-order valence-corrected chi connectivity index (χ0v) is 17.3. The van der Waals surface area contributed by atoms with E-state index >= 15 is 0 Å². The lowest BCUT2D eigenvalue weighted by Gasteiger charge is -2.11. The Labute approximate surface area is 175 Å². The van der Waals surface area contributed by atoms with Crippen molar-refractivity contribution in [3.8, 4) is 5.75 Å². The summed E-state index contributed by atoms with van der Waals surface area (Å²) in [6, 6.07) is 13.8. The second kappa shape index (κ2) is 11.8. The quantitative estimate of drug-likeness (QED) is 0.429. The lowest BCUT2D eigenvalue weighted by atomic mass is 10.2. The van der Waals surface area contributed by atoms with E-state index < -0.39 is 0 Å². The van der Waals surface area contributed by atoms with E-state index in [9.17, 15) is 9.59 Å². The minimum atomic E-state index is -0.325. The molecule has 2 aromatic rings. The fourth-order valence-corrected chi connectivity index (χ4v) is 2.58. The number of thiocarbonyl (C=S) groups is 1. The molecule has 2 aromatic carbocycles. The van der Waals surface area contributed by atoms with Gasteiger partial charge in [-0.2, -0.15) is 0 Å². The Morgan fingerprint density at radius 2 is 1.55 bits per heavy atom. The van der Waals surface area contributed by atoms with Crippen molar-refractivity contribution in [2.24, 2.45) is 0 Å². The summed E-state index contributed by atoms with van der Waals surface area (Å²) in [4.78, 5) is 23.9. The topological polar surface area (TPSA) is 88.7 Å². The molecule has 154 valence electrons. The van der Waals surface area contributed by atoms with E-state index in [0.717, 1.165) is 6.42 Å². The van der Waals surface area contributed by atoms with Gasteiger partial charge in [-0.15, -0.1) is 0 Å². The average Bonchev–Trinajstić information content (AvgIpc) is 2.70. The number of nitrogens with one attached hydrogen (secondary N) is 3. The van der Waals surface area contributed by atoms with Crippen LogP contribution in [0.1, 0.15) is 30.1 Å². The molecule has 0 spiro atoms. The zero-order chi connectivity index (χ0) is 21.1. The van der Waals surface area contributed by atoms with Crippen molar-refractivity contribution >= 4 is 40.5 Å². The van der Waals surface area contributed by atoms with Crippen LogP contribution in [0, 0.1) is 0 Å². The van der Waals surface area contributed by atoms with Gasteiger partial charge in [0.1, 0.15) is 12.4 Å². The first-order valence-electron chi connectivity index (χ1n) is 9.26. The SMILES string of the molecule is CCCC(=O)Nc1ccc(NC(=S)NC(=O)c2ccc(OCCOC)cc2)cc1. The number of amides is 2. The smallest absolute Gasteiger partial charge is 0.257 e. The molecule has 29 heavy (non-hydrogen) atoms. The molecule has 0 aliphatic carbocycles. The Bertz CT molecular complexity index is 823. The van der Waals surface area contributed by atoms with Gasteiger partial charge in [-0.25, -0.2) is 0 Å². The Morgan fingerprint density at radius 3 is 2.14 bits per heavy atom. The van der Waals surface area contributed by atoms with E-state index in [-0.39, 0.29) is 16.9 Å². The number of benzene rings is 2. The summed E-state index contributed by atoms with van der Waals surface area (Å²) >= 11 is 5.19. The van der Waals surface area contributed by atoms with Crippen molar-refractivity contribution in [1.82, 2.24) is 5.32 Å². The first-order valence-corrected chi connectivity index (χ1v) is 9.66. The van der Waals surface area contributed by atoms with Gasteiger partial charge in [0.2, 0.25) is 5.91 Å². The molecule has 0 aliphatic rings. The van der Waals surface area contributed by atoms with Crippen LogP contribution in [-0.4, -0.2) is 37.3 Å². The minimum absolute atomic E-state index is 0.0221. The highest BCUT2D eigenvalue weighted by atomic mass is 32.1. The predicted molar refractivity (Wildman–Crippen MR) is 117 cm³/mol. The van der Waals surface area contributed by atoms with Crippen molar-refractivity contribution in [1.29, 1.82) is 0 Å². The maximum atomic E-state index is 12.3. The molecule has 0 heterocycles. The zero-order valence-electron chi connectivity index (χ0n) is 16.5. The first kappa shape index (κ1) is 22.3. The van der Waals surface area contributed by atoms with E-state index in [1.54, 1.807) is 55.6 Å². The van der Waals surface area contributed by atoms with Gasteiger partial charge in [-0.05, 0) is 67.2 Å². The number of ether oxygens (including phenoxy) is 2. The van der Waals surface area contributed by atoms with Crippen LogP contribution >= 0.6 is 12.2 Å². The van der Waals surface area contributed by atoms with Crippen molar-refractivity contribution in [2.75, 3.05) is 31.0 Å². The van der Waals surface area contributed by atoms with Crippen LogP contribution < -0.4 is 20.7 Å². The number of anilines is 2. The van der Waals surface area contributed by atoms with Crippen LogP contribution in [0.15, 0.2) is 48.5 Å². The highest BCUT2D eigenvalue weighted by Gasteiger charge is 2.09. The van der Waals surface area contributed by atoms with Crippen molar-refractivity contribution < 1.29 is 19.1 Å². The van der Waals surface area contributed by atoms with Crippen molar-refractivity contribution in [2.45, 2.75) is 19.8 Å². The second-order valence-electron chi connectivity index (χ2n) is 6.15. The van der Waals surface area contributed by atoms with Gasteiger partial charge >= 0.3 is 0 Å². The van der Waals surface area contributed by atoms with Crippen LogP contribution in [-0.2, 0) is 9.53 Å². The first-order chi connectivity index (χ1) is 14.0. The third-order valence-corrected chi connectivity index (χ3v) is 4.01. The highest BCUT2D eigenvalue weighted by molar-refractivity contribution is 7.80. The van der Waals surface area contributed by atoms with E-state index in [1.807, 2.05) is 6.92 Å². The molecule has 3 N–H and O–H groups in total. The van der Waals surface area contributed by atoms with E-state index in [4.69, 9.17) is 21.7 Å². The molecule has 0 unspecified atom stereocenters. The standard InChI is InChI=1S/C21H25N3O4S/c1-3-4-19(25)22-16-7-9-17(10-8-16)23-21(29)24-20(26)15-5-11-18(12-6-15)28-14-13-27-2/h5-12H,3-4,13-14H2,1-2H3,(H,22,25)(H2,23,24,26,29). The average molecular weight is 416 g/mol. The Hall–Kier alpha value is -2.97. The van der Waals surface area contributed by atoms with Gasteiger partial charge in [0, 0.05) is 30.5 Å². The van der Waals surface area contributed by atoms with Crippen LogP contribution in [0.5, 0.6) is 5.75 Å². The van der Waals surface area contributed by atoms with Crippen LogP contribution in [0.25, 0.3) is 0 Å². The summed E-state index contributed by atoms with van der Waals surface area (Å²) in [5.74, 6) is 0.311. The summed E-state index contributed by atoms with van der Waals surface area (Å²) in [6.45, 7) is 2.89. The number of hydrogen-bond donors (Lipinski definition) is 3. The number of hydrogen-bond acceptors (Lipinski definition) is 5. The minimum Gasteiger partial charge on any atom is -0.491 e. The normalized spacial score (nSPS) is 10.1. The Kier molecular flexibility index (Phi) is 9.07. The van der Waals surface area contributed by atoms with Crippen LogP contribution in [0.4, 0.5) is 11.4 Å². The predicted octanol–water partition coefficient (Wildman–Crippen LogP) is 3.58. The molecular weight excluding hydrogens is 390 g/mol. The molecule has 0 atom stereocenters. The maximum Gasteiger partial charge on any atom is 0.257 e. The largest absolute Gasteiger partial charge is 0.491 e. The summed E-state index contributed by atoms with van der Waals surface area (Å²) in [5, 5.41) is 8.56. The molecule has 0 fully saturated rings. The van der Waals surface area contributed by atoms with Crippen molar-refractivity contribution in [3.63, 3.8) is 0 Å². The Morgan fingerprint density at radius 1 is 0.931 bits per heavy atom. The number of carbonyl (C=O) groups excluding carboxylic acids is 2. The van der Waals surface area contributed by atoms with Crippen LogP contribution in [0.3, 0.4) is 0 Å². The van der Waals surface area contributed by atoms with Gasteiger partial charge < -0.3 is 20.1 Å². The molecular formula is C21H25N3O4S.